The van der Waals surface area contributed by atoms with E-state index in [0.717, 1.165) is 47.8 Å². The second-order valence-corrected chi connectivity index (χ2v) is 13.4. The molecule has 3 aromatic carbocycles. The Morgan fingerprint density at radius 3 is 2.47 bits per heavy atom. The van der Waals surface area contributed by atoms with Crippen molar-refractivity contribution in [3.63, 3.8) is 0 Å². The van der Waals surface area contributed by atoms with E-state index in [1.807, 2.05) is 42.6 Å². The highest BCUT2D eigenvalue weighted by Gasteiger charge is 2.32. The lowest BCUT2D eigenvalue weighted by molar-refractivity contribution is 0.387. The quantitative estimate of drug-likeness (QED) is 0.198. The minimum absolute atomic E-state index is 0.178. The van der Waals surface area contributed by atoms with Gasteiger partial charge in [0.1, 0.15) is 17.5 Å². The van der Waals surface area contributed by atoms with Crippen LogP contribution in [0.3, 0.4) is 0 Å². The van der Waals surface area contributed by atoms with Crippen molar-refractivity contribution in [2.75, 3.05) is 7.05 Å². The summed E-state index contributed by atoms with van der Waals surface area (Å²) in [6.07, 6.45) is 8.59. The molecule has 5 rings (SSSR count). The molecule has 1 unspecified atom stereocenters. The second-order valence-electron chi connectivity index (χ2n) is 12.3. The molecule has 1 atom stereocenters. The predicted molar refractivity (Wildman–Crippen MR) is 183 cm³/mol. The van der Waals surface area contributed by atoms with E-state index < -0.39 is 17.0 Å². The maximum Gasteiger partial charge on any atom is 0.159 e. The van der Waals surface area contributed by atoms with Gasteiger partial charge in [0.05, 0.1) is 17.0 Å². The molecule has 2 bridgehead atoms. The van der Waals surface area contributed by atoms with E-state index in [1.165, 1.54) is 23.9 Å². The molecule has 1 aliphatic rings. The number of amidine groups is 2. The monoisotopic (exact) mass is 626 g/mol. The van der Waals surface area contributed by atoms with Gasteiger partial charge in [-0.1, -0.05) is 68.8 Å². The van der Waals surface area contributed by atoms with Crippen LogP contribution in [-0.4, -0.2) is 29.9 Å². The molecule has 4 aromatic rings. The van der Waals surface area contributed by atoms with Gasteiger partial charge in [0.15, 0.2) is 5.84 Å². The van der Waals surface area contributed by atoms with Crippen molar-refractivity contribution in [3.05, 3.63) is 107 Å². The zero-order chi connectivity index (χ0) is 32.2. The molecule has 0 saturated heterocycles. The molecular formula is C36H40F2N6S. The highest BCUT2D eigenvalue weighted by atomic mass is 32.2. The Kier molecular flexibility index (Phi) is 9.58. The summed E-state index contributed by atoms with van der Waals surface area (Å²) in [4.78, 5) is 18.0. The van der Waals surface area contributed by atoms with E-state index in [1.54, 1.807) is 31.6 Å². The number of nitrogens with zero attached hydrogens (tertiary/aromatic N) is 3. The Bertz CT molecular complexity index is 1810. The number of benzene rings is 3. The predicted octanol–water partition coefficient (Wildman–Crippen LogP) is 8.30. The fourth-order valence-electron chi connectivity index (χ4n) is 5.91. The fourth-order valence-corrected chi connectivity index (χ4v) is 6.91. The molecule has 0 amide bonds. The molecule has 9 heteroatoms. The van der Waals surface area contributed by atoms with Crippen LogP contribution in [0, 0.1) is 17.0 Å². The number of rotatable bonds is 1. The first-order chi connectivity index (χ1) is 21.6. The van der Waals surface area contributed by atoms with Gasteiger partial charge in [-0.05, 0) is 78.4 Å². The van der Waals surface area contributed by atoms with Gasteiger partial charge in [-0.15, -0.1) is 0 Å². The topological polar surface area (TPSA) is 105 Å². The van der Waals surface area contributed by atoms with Crippen LogP contribution < -0.4 is 11.5 Å². The van der Waals surface area contributed by atoms with Crippen molar-refractivity contribution in [2.45, 2.75) is 68.2 Å². The molecule has 5 N–H and O–H groups in total. The summed E-state index contributed by atoms with van der Waals surface area (Å²) < 4.78 is 31.1. The highest BCUT2D eigenvalue weighted by Crippen LogP contribution is 2.39. The molecule has 0 fully saturated rings. The number of fused-ring (bicyclic) bond motifs is 5. The molecule has 0 spiro atoms. The van der Waals surface area contributed by atoms with Crippen LogP contribution in [0.5, 0.6) is 0 Å². The first kappa shape index (κ1) is 32.2. The van der Waals surface area contributed by atoms with Gasteiger partial charge in [-0.3, -0.25) is 9.98 Å². The van der Waals surface area contributed by atoms with Crippen molar-refractivity contribution in [2.24, 2.45) is 31.9 Å². The average molecular weight is 627 g/mol. The molecule has 0 saturated carbocycles. The summed E-state index contributed by atoms with van der Waals surface area (Å²) >= 11 is 1.22. The normalized spacial score (nSPS) is 21.6. The number of halogens is 2. The first-order valence-electron chi connectivity index (χ1n) is 15.1. The highest BCUT2D eigenvalue weighted by molar-refractivity contribution is 7.99. The van der Waals surface area contributed by atoms with Crippen molar-refractivity contribution >= 4 is 40.6 Å². The lowest BCUT2D eigenvalue weighted by Crippen LogP contribution is -2.39. The second kappa shape index (κ2) is 13.4. The third-order valence-electron chi connectivity index (χ3n) is 8.85. The SMILES string of the molecule is CN=C1N=C(N)C(C)(c2ccccc2)CCCCC(C)(C)/C(=C/N)C=NCc2c(c(F)cc3[nH]ccc23)Sc2ccc(F)c1c2. The third kappa shape index (κ3) is 6.73. The van der Waals surface area contributed by atoms with Crippen LogP contribution >= 0.6 is 11.8 Å². The van der Waals surface area contributed by atoms with Crippen LogP contribution in [0.1, 0.15) is 63.1 Å². The number of allylic oxidation sites excluding steroid dienone is 1. The summed E-state index contributed by atoms with van der Waals surface area (Å²) in [6, 6.07) is 18.1. The van der Waals surface area contributed by atoms with Crippen molar-refractivity contribution in [3.8, 4) is 0 Å². The smallest absolute Gasteiger partial charge is 0.159 e. The van der Waals surface area contributed by atoms with Gasteiger partial charge >= 0.3 is 0 Å². The van der Waals surface area contributed by atoms with Crippen LogP contribution in [0.25, 0.3) is 10.9 Å². The average Bonchev–Trinajstić information content (AvgIpc) is 3.50. The van der Waals surface area contributed by atoms with E-state index in [9.17, 15) is 0 Å². The van der Waals surface area contributed by atoms with Gasteiger partial charge in [0.25, 0.3) is 0 Å². The number of hydrogen-bond acceptors (Lipinski definition) is 5. The van der Waals surface area contributed by atoms with E-state index in [-0.39, 0.29) is 23.4 Å². The molecule has 234 valence electrons. The van der Waals surface area contributed by atoms with Gasteiger partial charge in [-0.2, -0.15) is 0 Å². The van der Waals surface area contributed by atoms with Crippen molar-refractivity contribution in [1.29, 1.82) is 0 Å². The zero-order valence-corrected chi connectivity index (χ0v) is 27.0. The zero-order valence-electron chi connectivity index (χ0n) is 26.2. The van der Waals surface area contributed by atoms with Crippen LogP contribution in [0.2, 0.25) is 0 Å². The van der Waals surface area contributed by atoms with E-state index in [0.29, 0.717) is 21.1 Å². The standard InChI is InChI=1S/C36H40F2N6S/c1-35(2)15-8-9-16-36(3,23-10-6-5-7-11-23)34(40)44-33(41-4)27-18-25(12-13-29(27)37)45-32-28(22-42-21-24(35)20-39)26-14-17-43-31(26)19-30(32)38/h5-7,10-14,17-21,43H,8-9,15-16,22,39H2,1-4H3,(H2,40,41,44)/b24-20+,42-21?. The minimum Gasteiger partial charge on any atom is -0.404 e. The molecule has 6 nitrogen and oxygen atoms in total. The largest absolute Gasteiger partial charge is 0.404 e. The molecule has 2 heterocycles. The van der Waals surface area contributed by atoms with Crippen LogP contribution in [0.15, 0.2) is 103 Å². The van der Waals surface area contributed by atoms with Gasteiger partial charge < -0.3 is 16.5 Å². The molecule has 45 heavy (non-hydrogen) atoms. The number of aromatic nitrogens is 1. The Morgan fingerprint density at radius 2 is 1.73 bits per heavy atom. The van der Waals surface area contributed by atoms with Gasteiger partial charge in [0, 0.05) is 40.7 Å². The Labute approximate surface area is 267 Å². The van der Waals surface area contributed by atoms with Gasteiger partial charge in [0.2, 0.25) is 0 Å². The number of nitrogens with two attached hydrogens (primary N) is 2. The van der Waals surface area contributed by atoms with Crippen LogP contribution in [0.4, 0.5) is 8.78 Å². The number of hydrogen-bond donors (Lipinski definition) is 3. The summed E-state index contributed by atoms with van der Waals surface area (Å²) in [5.74, 6) is -0.349. The van der Waals surface area contributed by atoms with Crippen molar-refractivity contribution < 1.29 is 8.78 Å². The summed E-state index contributed by atoms with van der Waals surface area (Å²) in [5, 5.41) is 0.871. The lowest BCUT2D eigenvalue weighted by atomic mass is 9.75. The van der Waals surface area contributed by atoms with Gasteiger partial charge in [-0.25, -0.2) is 13.8 Å². The minimum atomic E-state index is -0.620. The number of aliphatic imine (C=N–C) groups is 3. The Morgan fingerprint density at radius 1 is 0.978 bits per heavy atom. The molecule has 1 aromatic heterocycles. The number of aromatic amines is 1. The summed E-state index contributed by atoms with van der Waals surface area (Å²) in [6.45, 7) is 6.63. The summed E-state index contributed by atoms with van der Waals surface area (Å²) in [7, 11) is 1.57. The Balaban J connectivity index is 1.66. The number of H-pyrrole nitrogens is 1. The summed E-state index contributed by atoms with van der Waals surface area (Å²) in [5.41, 5.74) is 15.6. The molecule has 1 aliphatic heterocycles. The lowest BCUT2D eigenvalue weighted by Gasteiger charge is -2.31. The molecular weight excluding hydrogens is 587 g/mol. The third-order valence-corrected chi connectivity index (χ3v) is 9.98. The first-order valence-corrected chi connectivity index (χ1v) is 15.9. The fraction of sp³-hybridized carbons (Fsp3) is 0.306. The molecule has 0 radical (unpaired) electrons. The maximum absolute atomic E-state index is 15.7. The van der Waals surface area contributed by atoms with E-state index >= 15 is 8.78 Å². The Hall–Kier alpha value is -4.24. The maximum atomic E-state index is 15.7. The van der Waals surface area contributed by atoms with E-state index in [4.69, 9.17) is 21.5 Å². The number of nitrogens with one attached hydrogen (secondary N) is 1. The van der Waals surface area contributed by atoms with E-state index in [2.05, 4.69) is 30.7 Å². The van der Waals surface area contributed by atoms with Crippen molar-refractivity contribution in [1.82, 2.24) is 4.98 Å². The molecule has 0 aliphatic carbocycles. The van der Waals surface area contributed by atoms with Crippen LogP contribution in [-0.2, 0) is 12.0 Å².